The van der Waals surface area contributed by atoms with Gasteiger partial charge in [-0.3, -0.25) is 4.79 Å². The Hall–Kier alpha value is -2.70. The van der Waals surface area contributed by atoms with E-state index in [-0.39, 0.29) is 5.91 Å². The first-order valence-corrected chi connectivity index (χ1v) is 8.48. The first kappa shape index (κ1) is 18.6. The van der Waals surface area contributed by atoms with E-state index in [0.717, 1.165) is 11.4 Å². The quantitative estimate of drug-likeness (QED) is 0.639. The number of aryl methyl sites for hydroxylation is 2. The SMILES string of the molecule is Cc1ccnc(Nc2cc(NCCNC(=O)CC(C)C)nc(C)n2)c1. The lowest BCUT2D eigenvalue weighted by atomic mass is 10.1. The van der Waals surface area contributed by atoms with Gasteiger partial charge in [0, 0.05) is 31.8 Å². The van der Waals surface area contributed by atoms with E-state index in [2.05, 4.69) is 30.9 Å². The molecule has 0 saturated heterocycles. The van der Waals surface area contributed by atoms with Gasteiger partial charge in [-0.1, -0.05) is 13.8 Å². The molecule has 0 aliphatic rings. The molecule has 2 heterocycles. The van der Waals surface area contributed by atoms with E-state index in [1.54, 1.807) is 6.20 Å². The Kier molecular flexibility index (Phi) is 6.68. The average Bonchev–Trinajstić information content (AvgIpc) is 2.50. The third-order valence-electron chi connectivity index (χ3n) is 3.36. The summed E-state index contributed by atoms with van der Waals surface area (Å²) < 4.78 is 0. The predicted octanol–water partition coefficient (Wildman–Crippen LogP) is 2.81. The van der Waals surface area contributed by atoms with Gasteiger partial charge in [-0.15, -0.1) is 0 Å². The molecule has 1 amide bonds. The molecule has 134 valence electrons. The Morgan fingerprint density at radius 2 is 1.84 bits per heavy atom. The number of amides is 1. The Balaban J connectivity index is 1.89. The number of carbonyl (C=O) groups is 1. The van der Waals surface area contributed by atoms with Crippen LogP contribution in [0.4, 0.5) is 17.5 Å². The van der Waals surface area contributed by atoms with Crippen LogP contribution in [0, 0.1) is 19.8 Å². The molecule has 0 aliphatic carbocycles. The molecule has 2 rings (SSSR count). The molecule has 7 heteroatoms. The first-order valence-electron chi connectivity index (χ1n) is 8.48. The molecule has 0 fully saturated rings. The van der Waals surface area contributed by atoms with Crippen LogP contribution in [0.1, 0.15) is 31.7 Å². The minimum atomic E-state index is 0.0727. The fourth-order valence-corrected chi connectivity index (χ4v) is 2.29. The summed E-state index contributed by atoms with van der Waals surface area (Å²) in [5, 5.41) is 9.28. The van der Waals surface area contributed by atoms with E-state index in [4.69, 9.17) is 0 Å². The summed E-state index contributed by atoms with van der Waals surface area (Å²) in [6.45, 7) is 9.06. The topological polar surface area (TPSA) is 91.8 Å². The summed E-state index contributed by atoms with van der Waals surface area (Å²) >= 11 is 0. The van der Waals surface area contributed by atoms with Crippen LogP contribution >= 0.6 is 0 Å². The van der Waals surface area contributed by atoms with Crippen LogP contribution in [0.5, 0.6) is 0 Å². The van der Waals surface area contributed by atoms with Crippen molar-refractivity contribution in [1.82, 2.24) is 20.3 Å². The van der Waals surface area contributed by atoms with E-state index in [9.17, 15) is 4.79 Å². The van der Waals surface area contributed by atoms with Gasteiger partial charge in [0.05, 0.1) is 0 Å². The monoisotopic (exact) mass is 342 g/mol. The molecule has 0 aliphatic heterocycles. The minimum Gasteiger partial charge on any atom is -0.368 e. The van der Waals surface area contributed by atoms with Crippen LogP contribution in [0.25, 0.3) is 0 Å². The van der Waals surface area contributed by atoms with Crippen molar-refractivity contribution in [2.45, 2.75) is 34.1 Å². The Morgan fingerprint density at radius 3 is 2.56 bits per heavy atom. The van der Waals surface area contributed by atoms with Crippen molar-refractivity contribution >= 4 is 23.4 Å². The largest absolute Gasteiger partial charge is 0.368 e. The van der Waals surface area contributed by atoms with Gasteiger partial charge >= 0.3 is 0 Å². The molecule has 25 heavy (non-hydrogen) atoms. The summed E-state index contributed by atoms with van der Waals surface area (Å²) in [7, 11) is 0. The minimum absolute atomic E-state index is 0.0727. The number of hydrogen-bond acceptors (Lipinski definition) is 6. The van der Waals surface area contributed by atoms with E-state index >= 15 is 0 Å². The van der Waals surface area contributed by atoms with Gasteiger partial charge in [0.15, 0.2) is 0 Å². The Labute approximate surface area is 148 Å². The van der Waals surface area contributed by atoms with Crippen molar-refractivity contribution < 1.29 is 4.79 Å². The maximum absolute atomic E-state index is 11.6. The van der Waals surface area contributed by atoms with Gasteiger partial charge in [0.2, 0.25) is 5.91 Å². The van der Waals surface area contributed by atoms with Gasteiger partial charge in [-0.2, -0.15) is 0 Å². The normalized spacial score (nSPS) is 10.6. The van der Waals surface area contributed by atoms with Crippen molar-refractivity contribution in [1.29, 1.82) is 0 Å². The molecule has 7 nitrogen and oxygen atoms in total. The molecule has 0 radical (unpaired) electrons. The van der Waals surface area contributed by atoms with Crippen molar-refractivity contribution in [2.75, 3.05) is 23.7 Å². The maximum atomic E-state index is 11.6. The van der Waals surface area contributed by atoms with Crippen LogP contribution in [0.3, 0.4) is 0 Å². The number of nitrogens with one attached hydrogen (secondary N) is 3. The highest BCUT2D eigenvalue weighted by Crippen LogP contribution is 2.16. The highest BCUT2D eigenvalue weighted by molar-refractivity contribution is 5.76. The zero-order valence-electron chi connectivity index (χ0n) is 15.3. The number of carbonyl (C=O) groups excluding carboxylic acids is 1. The van der Waals surface area contributed by atoms with Crippen LogP contribution in [-0.2, 0) is 4.79 Å². The number of anilines is 3. The van der Waals surface area contributed by atoms with Crippen LogP contribution in [-0.4, -0.2) is 33.9 Å². The Morgan fingerprint density at radius 1 is 1.08 bits per heavy atom. The number of aromatic nitrogens is 3. The van der Waals surface area contributed by atoms with Gasteiger partial charge in [-0.25, -0.2) is 15.0 Å². The molecule has 2 aromatic heterocycles. The third-order valence-corrected chi connectivity index (χ3v) is 3.36. The van der Waals surface area contributed by atoms with E-state index in [0.29, 0.717) is 42.9 Å². The van der Waals surface area contributed by atoms with E-state index in [1.165, 1.54) is 0 Å². The molecular weight excluding hydrogens is 316 g/mol. The maximum Gasteiger partial charge on any atom is 0.220 e. The molecule has 0 bridgehead atoms. The first-order chi connectivity index (χ1) is 11.9. The zero-order chi connectivity index (χ0) is 18.2. The fraction of sp³-hybridized carbons (Fsp3) is 0.444. The van der Waals surface area contributed by atoms with Gasteiger partial charge < -0.3 is 16.0 Å². The van der Waals surface area contributed by atoms with Gasteiger partial charge in [0.25, 0.3) is 0 Å². The predicted molar refractivity (Wildman–Crippen MR) is 100.0 cm³/mol. The summed E-state index contributed by atoms with van der Waals surface area (Å²) in [4.78, 5) is 24.6. The molecule has 2 aromatic rings. The highest BCUT2D eigenvalue weighted by atomic mass is 16.1. The zero-order valence-corrected chi connectivity index (χ0v) is 15.3. The van der Waals surface area contributed by atoms with Gasteiger partial charge in [0.1, 0.15) is 23.3 Å². The number of nitrogens with zero attached hydrogens (tertiary/aromatic N) is 3. The van der Waals surface area contributed by atoms with Crippen LogP contribution < -0.4 is 16.0 Å². The van der Waals surface area contributed by atoms with Crippen LogP contribution in [0.2, 0.25) is 0 Å². The molecule has 0 spiro atoms. The fourth-order valence-electron chi connectivity index (χ4n) is 2.29. The standard InChI is InChI=1S/C18H26N6O/c1-12(2)9-18(25)21-8-7-20-16-11-17(23-14(4)22-16)24-15-10-13(3)5-6-19-15/h5-6,10-12H,7-9H2,1-4H3,(H,21,25)(H2,19,20,22,23,24). The summed E-state index contributed by atoms with van der Waals surface area (Å²) in [6.07, 6.45) is 2.30. The number of hydrogen-bond donors (Lipinski definition) is 3. The second kappa shape index (κ2) is 8.96. The molecule has 3 N–H and O–H groups in total. The summed E-state index contributed by atoms with van der Waals surface area (Å²) in [5.41, 5.74) is 1.12. The molecule has 0 unspecified atom stereocenters. The van der Waals surface area contributed by atoms with Crippen molar-refractivity contribution in [3.8, 4) is 0 Å². The molecular formula is C18H26N6O. The average molecular weight is 342 g/mol. The van der Waals surface area contributed by atoms with Crippen LogP contribution in [0.15, 0.2) is 24.4 Å². The third kappa shape index (κ3) is 6.74. The van der Waals surface area contributed by atoms with E-state index < -0.39 is 0 Å². The number of rotatable bonds is 8. The smallest absolute Gasteiger partial charge is 0.220 e. The lowest BCUT2D eigenvalue weighted by Gasteiger charge is -2.11. The lowest BCUT2D eigenvalue weighted by molar-refractivity contribution is -0.121. The lowest BCUT2D eigenvalue weighted by Crippen LogP contribution is -2.29. The molecule has 0 aromatic carbocycles. The van der Waals surface area contributed by atoms with Crippen molar-refractivity contribution in [2.24, 2.45) is 5.92 Å². The second-order valence-corrected chi connectivity index (χ2v) is 6.40. The molecule has 0 saturated carbocycles. The van der Waals surface area contributed by atoms with E-state index in [1.807, 2.05) is 45.9 Å². The van der Waals surface area contributed by atoms with Crippen molar-refractivity contribution in [3.63, 3.8) is 0 Å². The number of pyridine rings is 1. The summed E-state index contributed by atoms with van der Waals surface area (Å²) in [6, 6.07) is 5.72. The second-order valence-electron chi connectivity index (χ2n) is 6.40. The Bertz CT molecular complexity index is 716. The molecule has 0 atom stereocenters. The van der Waals surface area contributed by atoms with Crippen molar-refractivity contribution in [3.05, 3.63) is 35.8 Å². The highest BCUT2D eigenvalue weighted by Gasteiger charge is 2.05. The van der Waals surface area contributed by atoms with Gasteiger partial charge in [-0.05, 0) is 37.5 Å². The summed E-state index contributed by atoms with van der Waals surface area (Å²) in [5.74, 6) is 3.22.